The van der Waals surface area contributed by atoms with E-state index in [0.717, 1.165) is 13.2 Å². The minimum absolute atomic E-state index is 0.0453. The van der Waals surface area contributed by atoms with Gasteiger partial charge < -0.3 is 4.74 Å². The number of alkyl halides is 4. The van der Waals surface area contributed by atoms with Crippen LogP contribution < -0.4 is 0 Å². The van der Waals surface area contributed by atoms with Crippen molar-refractivity contribution >= 4 is 33.5 Å². The minimum atomic E-state index is -4.49. The van der Waals surface area contributed by atoms with Crippen molar-refractivity contribution in [3.05, 3.63) is 33.8 Å². The van der Waals surface area contributed by atoms with Gasteiger partial charge in [0.15, 0.2) is 0 Å². The Balaban J connectivity index is 3.06. The number of ether oxygens (including phenoxy) is 1. The summed E-state index contributed by atoms with van der Waals surface area (Å²) in [7, 11) is 1.13. The van der Waals surface area contributed by atoms with E-state index in [1.807, 2.05) is 0 Å². The molecule has 0 radical (unpaired) electrons. The Morgan fingerprint density at radius 1 is 1.50 bits per heavy atom. The van der Waals surface area contributed by atoms with Crippen LogP contribution in [0.5, 0.6) is 0 Å². The van der Waals surface area contributed by atoms with Gasteiger partial charge in [-0.25, -0.2) is 0 Å². The molecule has 0 N–H and O–H groups in total. The average molecular weight is 346 g/mol. The van der Waals surface area contributed by atoms with Gasteiger partial charge in [-0.2, -0.15) is 13.2 Å². The summed E-state index contributed by atoms with van der Waals surface area (Å²) in [5.74, 6) is -0.757. The number of benzene rings is 1. The number of halogens is 5. The van der Waals surface area contributed by atoms with Gasteiger partial charge in [-0.05, 0) is 17.7 Å². The number of methoxy groups -OCH3 is 1. The van der Waals surface area contributed by atoms with Gasteiger partial charge in [0.05, 0.1) is 12.7 Å². The fourth-order valence-electron chi connectivity index (χ4n) is 1.39. The van der Waals surface area contributed by atoms with Crippen LogP contribution in [0.1, 0.15) is 11.1 Å². The first-order chi connectivity index (χ1) is 8.25. The minimum Gasteiger partial charge on any atom is -0.468 e. The Bertz CT molecular complexity index is 448. The van der Waals surface area contributed by atoms with Gasteiger partial charge in [0.1, 0.15) is 5.38 Å². The number of rotatable bonds is 3. The molecule has 0 amide bonds. The number of esters is 1. The van der Waals surface area contributed by atoms with Crippen LogP contribution in [0.4, 0.5) is 13.2 Å². The highest BCUT2D eigenvalue weighted by molar-refractivity contribution is 9.10. The van der Waals surface area contributed by atoms with Gasteiger partial charge in [-0.15, -0.1) is 11.6 Å². The van der Waals surface area contributed by atoms with Crippen molar-refractivity contribution in [1.82, 2.24) is 0 Å². The molecule has 0 bridgehead atoms. The highest BCUT2D eigenvalue weighted by atomic mass is 79.9. The molecule has 0 aromatic heterocycles. The van der Waals surface area contributed by atoms with Crippen LogP contribution in [0.2, 0.25) is 0 Å². The third-order valence-corrected chi connectivity index (χ3v) is 3.06. The molecule has 0 aliphatic heterocycles. The third kappa shape index (κ3) is 3.88. The summed E-state index contributed by atoms with van der Waals surface area (Å²) in [6.07, 6.45) is -4.73. The maximum atomic E-state index is 12.8. The number of hydrogen-bond acceptors (Lipinski definition) is 2. The molecular formula is C11H9BrClF3O2. The van der Waals surface area contributed by atoms with Crippen molar-refractivity contribution in [3.63, 3.8) is 0 Å². The van der Waals surface area contributed by atoms with E-state index in [-0.39, 0.29) is 12.0 Å². The molecule has 0 spiro atoms. The van der Waals surface area contributed by atoms with E-state index in [4.69, 9.17) is 11.6 Å². The lowest BCUT2D eigenvalue weighted by Crippen LogP contribution is -2.20. The van der Waals surface area contributed by atoms with E-state index >= 15 is 0 Å². The molecule has 7 heteroatoms. The Labute approximate surface area is 115 Å². The van der Waals surface area contributed by atoms with E-state index in [1.54, 1.807) is 0 Å². The number of hydrogen-bond donors (Lipinski definition) is 0. The first-order valence-corrected chi connectivity index (χ1v) is 6.06. The summed E-state index contributed by atoms with van der Waals surface area (Å²) >= 11 is 8.65. The normalized spacial score (nSPS) is 13.2. The lowest BCUT2D eigenvalue weighted by molar-refractivity contribution is -0.141. The van der Waals surface area contributed by atoms with Crippen molar-refractivity contribution in [2.75, 3.05) is 7.11 Å². The van der Waals surface area contributed by atoms with E-state index in [1.165, 1.54) is 12.1 Å². The molecule has 1 aromatic rings. The van der Waals surface area contributed by atoms with Crippen molar-refractivity contribution in [2.45, 2.75) is 18.0 Å². The molecule has 0 fully saturated rings. The highest BCUT2D eigenvalue weighted by Crippen LogP contribution is 2.34. The second-order valence-electron chi connectivity index (χ2n) is 3.49. The molecule has 18 heavy (non-hydrogen) atoms. The molecule has 0 aliphatic rings. The zero-order chi connectivity index (χ0) is 13.9. The van der Waals surface area contributed by atoms with Gasteiger partial charge in [-0.3, -0.25) is 4.79 Å². The van der Waals surface area contributed by atoms with E-state index in [0.29, 0.717) is 4.47 Å². The molecule has 1 aromatic carbocycles. The van der Waals surface area contributed by atoms with E-state index in [2.05, 4.69) is 20.7 Å². The molecule has 0 saturated carbocycles. The Morgan fingerprint density at radius 2 is 2.11 bits per heavy atom. The maximum absolute atomic E-state index is 12.8. The molecular weight excluding hydrogens is 336 g/mol. The molecule has 2 nitrogen and oxygen atoms in total. The molecule has 0 saturated heterocycles. The van der Waals surface area contributed by atoms with Gasteiger partial charge >= 0.3 is 12.1 Å². The van der Waals surface area contributed by atoms with Crippen LogP contribution in [0, 0.1) is 0 Å². The quantitative estimate of drug-likeness (QED) is 0.615. The fourth-order valence-corrected chi connectivity index (χ4v) is 2.01. The predicted molar refractivity (Wildman–Crippen MR) is 64.5 cm³/mol. The van der Waals surface area contributed by atoms with Crippen molar-refractivity contribution < 1.29 is 22.7 Å². The van der Waals surface area contributed by atoms with Crippen molar-refractivity contribution in [1.29, 1.82) is 0 Å². The first-order valence-electron chi connectivity index (χ1n) is 4.83. The van der Waals surface area contributed by atoms with E-state index in [9.17, 15) is 18.0 Å². The van der Waals surface area contributed by atoms with Crippen LogP contribution in [-0.4, -0.2) is 18.5 Å². The largest absolute Gasteiger partial charge is 0.468 e. The predicted octanol–water partition coefficient (Wildman–Crippen LogP) is 3.79. The summed E-state index contributed by atoms with van der Waals surface area (Å²) in [4.78, 5) is 11.1. The third-order valence-electron chi connectivity index (χ3n) is 2.23. The lowest BCUT2D eigenvalue weighted by atomic mass is 10.0. The molecule has 100 valence electrons. The monoisotopic (exact) mass is 344 g/mol. The Kier molecular flexibility index (Phi) is 5.04. The first kappa shape index (κ1) is 15.3. The zero-order valence-electron chi connectivity index (χ0n) is 9.22. The van der Waals surface area contributed by atoms with Gasteiger partial charge in [0, 0.05) is 10.9 Å². The van der Waals surface area contributed by atoms with Crippen molar-refractivity contribution in [3.8, 4) is 0 Å². The molecule has 1 rings (SSSR count). The molecule has 1 atom stereocenters. The standard InChI is InChI=1S/C11H9BrClF3O2/c1-18-10(17)9(13)4-6-2-3-7(12)5-8(6)11(14,15)16/h2-3,5,9H,4H2,1H3. The molecule has 0 heterocycles. The summed E-state index contributed by atoms with van der Waals surface area (Å²) in [5.41, 5.74) is -0.859. The van der Waals surface area contributed by atoms with Crippen molar-refractivity contribution in [2.24, 2.45) is 0 Å². The average Bonchev–Trinajstić information content (AvgIpc) is 2.28. The topological polar surface area (TPSA) is 26.3 Å². The summed E-state index contributed by atoms with van der Waals surface area (Å²) in [6.45, 7) is 0. The van der Waals surface area contributed by atoms with Crippen LogP contribution in [0.15, 0.2) is 22.7 Å². The second-order valence-corrected chi connectivity index (χ2v) is 4.94. The summed E-state index contributed by atoms with van der Waals surface area (Å²) in [5, 5.41) is -1.14. The van der Waals surface area contributed by atoms with Gasteiger partial charge in [-0.1, -0.05) is 22.0 Å². The smallest absolute Gasteiger partial charge is 0.416 e. The highest BCUT2D eigenvalue weighted by Gasteiger charge is 2.34. The SMILES string of the molecule is COC(=O)C(Cl)Cc1ccc(Br)cc1C(F)(F)F. The van der Waals surface area contributed by atoms with Gasteiger partial charge in [0.25, 0.3) is 0 Å². The van der Waals surface area contributed by atoms with Gasteiger partial charge in [0.2, 0.25) is 0 Å². The Morgan fingerprint density at radius 3 is 2.61 bits per heavy atom. The molecule has 1 unspecified atom stereocenters. The van der Waals surface area contributed by atoms with Crippen LogP contribution in [-0.2, 0) is 22.1 Å². The van der Waals surface area contributed by atoms with Crippen LogP contribution >= 0.6 is 27.5 Å². The molecule has 0 aliphatic carbocycles. The fraction of sp³-hybridized carbons (Fsp3) is 0.364. The van der Waals surface area contributed by atoms with Crippen LogP contribution in [0.25, 0.3) is 0 Å². The Hall–Kier alpha value is -0.750. The second kappa shape index (κ2) is 5.93. The lowest BCUT2D eigenvalue weighted by Gasteiger charge is -2.14. The number of carbonyl (C=O) groups excluding carboxylic acids is 1. The van der Waals surface area contributed by atoms with E-state index < -0.39 is 23.1 Å². The summed E-state index contributed by atoms with van der Waals surface area (Å²) < 4.78 is 43.0. The summed E-state index contributed by atoms with van der Waals surface area (Å²) in [6, 6.07) is 3.70. The maximum Gasteiger partial charge on any atom is 0.416 e. The zero-order valence-corrected chi connectivity index (χ0v) is 11.6. The van der Waals surface area contributed by atoms with Crippen LogP contribution in [0.3, 0.4) is 0 Å². The number of carbonyl (C=O) groups is 1.